The highest BCUT2D eigenvalue weighted by molar-refractivity contribution is 7.89. The predicted molar refractivity (Wildman–Crippen MR) is 108 cm³/mol. The molecule has 2 aromatic rings. The summed E-state index contributed by atoms with van der Waals surface area (Å²) in [5, 5.41) is 0. The van der Waals surface area contributed by atoms with Gasteiger partial charge < -0.3 is 0 Å². The van der Waals surface area contributed by atoms with Crippen molar-refractivity contribution < 1.29 is 26.0 Å². The molecule has 0 atom stereocenters. The first kappa shape index (κ1) is 23.5. The molecule has 1 heterocycles. The Hall–Kier alpha value is -2.78. The second kappa shape index (κ2) is 9.82. The third-order valence-corrected chi connectivity index (χ3v) is 5.85. The fourth-order valence-electron chi connectivity index (χ4n) is 2.67. The Morgan fingerprint density at radius 2 is 1.77 bits per heavy atom. The molecule has 0 N–H and O–H groups in total. The van der Waals surface area contributed by atoms with Crippen LogP contribution in [0.15, 0.2) is 79.7 Å². The van der Waals surface area contributed by atoms with E-state index in [9.17, 15) is 26.0 Å². The van der Waals surface area contributed by atoms with E-state index in [1.54, 1.807) is 12.1 Å². The Bertz CT molecular complexity index is 1030. The number of nitrogens with zero attached hydrogens (tertiary/aromatic N) is 2. The van der Waals surface area contributed by atoms with Crippen LogP contribution in [0.25, 0.3) is 11.1 Å². The van der Waals surface area contributed by atoms with Crippen LogP contribution in [0, 0.1) is 5.82 Å². The van der Waals surface area contributed by atoms with E-state index in [4.69, 9.17) is 0 Å². The Morgan fingerprint density at radius 1 is 1.10 bits per heavy atom. The van der Waals surface area contributed by atoms with Gasteiger partial charge in [-0.3, -0.25) is 4.98 Å². The maximum Gasteiger partial charge on any atom is 0.402 e. The first-order chi connectivity index (χ1) is 14.1. The van der Waals surface area contributed by atoms with Crippen LogP contribution in [0.5, 0.6) is 0 Å². The number of pyridine rings is 1. The average Bonchev–Trinajstić information content (AvgIpc) is 2.68. The van der Waals surface area contributed by atoms with Gasteiger partial charge in [-0.25, -0.2) is 12.8 Å². The lowest BCUT2D eigenvalue weighted by Gasteiger charge is -2.24. The number of hydrogen-bond acceptors (Lipinski definition) is 3. The van der Waals surface area contributed by atoms with Crippen LogP contribution in [-0.4, -0.2) is 36.2 Å². The SMILES string of the molecule is C=C/C=C(\C=C)CS(=O)(=O)N(Cc1ccc(-c2ccncc2)cc1F)CC(F)(F)F. The van der Waals surface area contributed by atoms with Gasteiger partial charge in [0.25, 0.3) is 0 Å². The van der Waals surface area contributed by atoms with Crippen molar-refractivity contribution in [1.82, 2.24) is 9.29 Å². The number of hydrogen-bond donors (Lipinski definition) is 0. The zero-order chi connectivity index (χ0) is 22.4. The molecule has 0 aliphatic rings. The molecule has 160 valence electrons. The number of sulfonamides is 1. The van der Waals surface area contributed by atoms with E-state index in [2.05, 4.69) is 18.1 Å². The highest BCUT2D eigenvalue weighted by Crippen LogP contribution is 2.25. The molecule has 0 radical (unpaired) electrons. The number of allylic oxidation sites excluding steroid dienone is 3. The lowest BCUT2D eigenvalue weighted by molar-refractivity contribution is -0.137. The van der Waals surface area contributed by atoms with E-state index in [0.717, 1.165) is 6.07 Å². The zero-order valence-electron chi connectivity index (χ0n) is 15.9. The van der Waals surface area contributed by atoms with Crippen molar-refractivity contribution in [2.45, 2.75) is 12.7 Å². The number of halogens is 4. The first-order valence-electron chi connectivity index (χ1n) is 8.73. The second-order valence-electron chi connectivity index (χ2n) is 6.36. The predicted octanol–water partition coefficient (Wildman–Crippen LogP) is 4.88. The molecule has 9 heteroatoms. The van der Waals surface area contributed by atoms with Crippen LogP contribution < -0.4 is 0 Å². The Labute approximate surface area is 172 Å². The fourth-order valence-corrected chi connectivity index (χ4v) is 4.17. The van der Waals surface area contributed by atoms with Crippen molar-refractivity contribution in [1.29, 1.82) is 0 Å². The van der Waals surface area contributed by atoms with Crippen LogP contribution >= 0.6 is 0 Å². The van der Waals surface area contributed by atoms with Crippen molar-refractivity contribution in [3.05, 3.63) is 91.1 Å². The van der Waals surface area contributed by atoms with Crippen LogP contribution in [0.4, 0.5) is 17.6 Å². The molecule has 0 bridgehead atoms. The third kappa shape index (κ3) is 6.64. The van der Waals surface area contributed by atoms with Crippen LogP contribution in [0.3, 0.4) is 0 Å². The van der Waals surface area contributed by atoms with Crippen LogP contribution in [0.1, 0.15) is 5.56 Å². The Morgan fingerprint density at radius 3 is 2.30 bits per heavy atom. The summed E-state index contributed by atoms with van der Waals surface area (Å²) < 4.78 is 79.2. The standard InChI is InChI=1S/C21H20F4N2O2S/c1-3-5-16(4-2)14-30(28,29)27(15-21(23,24)25)13-19-7-6-18(12-20(19)22)17-8-10-26-11-9-17/h3-12H,1-2,13-15H2/b16-5+. The molecule has 0 unspecified atom stereocenters. The molecule has 2 rings (SSSR count). The number of aromatic nitrogens is 1. The van der Waals surface area contributed by atoms with Crippen molar-refractivity contribution in [3.63, 3.8) is 0 Å². The Kier molecular flexibility index (Phi) is 7.69. The van der Waals surface area contributed by atoms with E-state index in [0.29, 0.717) is 11.1 Å². The fraction of sp³-hybridized carbons (Fsp3) is 0.190. The van der Waals surface area contributed by atoms with Crippen LogP contribution in [-0.2, 0) is 16.6 Å². The smallest absolute Gasteiger partial charge is 0.265 e. The van der Waals surface area contributed by atoms with Crippen LogP contribution in [0.2, 0.25) is 0 Å². The molecular formula is C21H20F4N2O2S. The minimum absolute atomic E-state index is 0.172. The van der Waals surface area contributed by atoms with Crippen molar-refractivity contribution in [2.75, 3.05) is 12.3 Å². The molecule has 1 aromatic heterocycles. The molecule has 0 amide bonds. The van der Waals surface area contributed by atoms with Gasteiger partial charge in [-0.1, -0.05) is 43.5 Å². The topological polar surface area (TPSA) is 50.3 Å². The van der Waals surface area contributed by atoms with Gasteiger partial charge in [0.05, 0.1) is 5.75 Å². The molecule has 0 fully saturated rings. The molecule has 0 aliphatic carbocycles. The lowest BCUT2D eigenvalue weighted by Crippen LogP contribution is -2.40. The van der Waals surface area contributed by atoms with E-state index in [-0.39, 0.29) is 15.4 Å². The summed E-state index contributed by atoms with van der Waals surface area (Å²) in [5.41, 5.74) is 1.16. The van der Waals surface area contributed by atoms with E-state index in [1.165, 1.54) is 42.8 Å². The zero-order valence-corrected chi connectivity index (χ0v) is 16.8. The number of alkyl halides is 3. The van der Waals surface area contributed by atoms with E-state index < -0.39 is 40.9 Å². The largest absolute Gasteiger partial charge is 0.402 e. The minimum Gasteiger partial charge on any atom is -0.265 e. The molecule has 0 saturated heterocycles. The lowest BCUT2D eigenvalue weighted by atomic mass is 10.0. The number of rotatable bonds is 9. The number of benzene rings is 1. The summed E-state index contributed by atoms with van der Waals surface area (Å²) in [4.78, 5) is 3.86. The molecule has 0 spiro atoms. The van der Waals surface area contributed by atoms with Crippen molar-refractivity contribution in [3.8, 4) is 11.1 Å². The highest BCUT2D eigenvalue weighted by Gasteiger charge is 2.36. The van der Waals surface area contributed by atoms with Gasteiger partial charge in [-0.15, -0.1) is 0 Å². The van der Waals surface area contributed by atoms with Gasteiger partial charge in [0.15, 0.2) is 0 Å². The van der Waals surface area contributed by atoms with Gasteiger partial charge in [0.1, 0.15) is 12.4 Å². The summed E-state index contributed by atoms with van der Waals surface area (Å²) in [6.45, 7) is 4.38. The Balaban J connectivity index is 2.36. The normalized spacial score (nSPS) is 12.8. The third-order valence-electron chi connectivity index (χ3n) is 4.11. The van der Waals surface area contributed by atoms with E-state index in [1.807, 2.05) is 0 Å². The first-order valence-corrected chi connectivity index (χ1v) is 10.3. The molecule has 0 aliphatic heterocycles. The quantitative estimate of drug-likeness (QED) is 0.413. The summed E-state index contributed by atoms with van der Waals surface area (Å²) in [7, 11) is -4.42. The maximum atomic E-state index is 14.6. The second-order valence-corrected chi connectivity index (χ2v) is 8.33. The molecular weight excluding hydrogens is 420 g/mol. The van der Waals surface area contributed by atoms with Gasteiger partial charge in [-0.05, 0) is 34.9 Å². The highest BCUT2D eigenvalue weighted by atomic mass is 32.2. The maximum absolute atomic E-state index is 14.6. The summed E-state index contributed by atoms with van der Waals surface area (Å²) >= 11 is 0. The summed E-state index contributed by atoms with van der Waals surface area (Å²) in [6, 6.07) is 7.24. The van der Waals surface area contributed by atoms with Gasteiger partial charge >= 0.3 is 6.18 Å². The minimum atomic E-state index is -4.79. The molecule has 4 nitrogen and oxygen atoms in total. The van der Waals surface area contributed by atoms with Gasteiger partial charge in [0.2, 0.25) is 10.0 Å². The molecule has 30 heavy (non-hydrogen) atoms. The van der Waals surface area contributed by atoms with Gasteiger partial charge in [-0.2, -0.15) is 17.5 Å². The van der Waals surface area contributed by atoms with Gasteiger partial charge in [0, 0.05) is 24.5 Å². The van der Waals surface area contributed by atoms with Crippen molar-refractivity contribution >= 4 is 10.0 Å². The summed E-state index contributed by atoms with van der Waals surface area (Å²) in [5.74, 6) is -1.52. The monoisotopic (exact) mass is 440 g/mol. The molecule has 1 aromatic carbocycles. The summed E-state index contributed by atoms with van der Waals surface area (Å²) in [6.07, 6.45) is 2.10. The molecule has 0 saturated carbocycles. The van der Waals surface area contributed by atoms with E-state index >= 15 is 0 Å². The van der Waals surface area contributed by atoms with Crippen molar-refractivity contribution in [2.24, 2.45) is 0 Å². The average molecular weight is 440 g/mol.